The average molecular weight is 257 g/mol. The van der Waals surface area contributed by atoms with Crippen LogP contribution in [-0.2, 0) is 11.2 Å². The van der Waals surface area contributed by atoms with Crippen molar-refractivity contribution < 1.29 is 4.79 Å². The van der Waals surface area contributed by atoms with Gasteiger partial charge in [0, 0.05) is 18.1 Å². The van der Waals surface area contributed by atoms with E-state index in [2.05, 4.69) is 17.3 Å². The summed E-state index contributed by atoms with van der Waals surface area (Å²) < 4.78 is 1.65. The predicted molar refractivity (Wildman–Crippen MR) is 76.1 cm³/mol. The summed E-state index contributed by atoms with van der Waals surface area (Å²) >= 11 is 0. The van der Waals surface area contributed by atoms with Crippen molar-refractivity contribution in [1.29, 1.82) is 0 Å². The first kappa shape index (κ1) is 13.3. The number of aryl methyl sites for hydroxylation is 2. The molecule has 0 bridgehead atoms. The Morgan fingerprint density at radius 3 is 2.84 bits per heavy atom. The van der Waals surface area contributed by atoms with Crippen LogP contribution in [0.25, 0.3) is 0 Å². The van der Waals surface area contributed by atoms with Crippen LogP contribution in [0.5, 0.6) is 0 Å². The first-order chi connectivity index (χ1) is 9.13. The number of carbonyl (C=O) groups excluding carboxylic acids is 1. The van der Waals surface area contributed by atoms with Gasteiger partial charge in [-0.05, 0) is 37.5 Å². The maximum absolute atomic E-state index is 12.3. The van der Waals surface area contributed by atoms with Gasteiger partial charge in [0.25, 0.3) is 0 Å². The zero-order chi connectivity index (χ0) is 13.8. The molecule has 4 nitrogen and oxygen atoms in total. The molecule has 1 aromatic heterocycles. The fraction of sp³-hybridized carbons (Fsp3) is 0.333. The van der Waals surface area contributed by atoms with Crippen LogP contribution in [0.1, 0.15) is 31.0 Å². The number of carbonyl (C=O) groups is 1. The fourth-order valence-electron chi connectivity index (χ4n) is 2.06. The number of benzene rings is 1. The van der Waals surface area contributed by atoms with Crippen LogP contribution in [-0.4, -0.2) is 15.7 Å². The van der Waals surface area contributed by atoms with Crippen molar-refractivity contribution in [1.82, 2.24) is 9.78 Å². The van der Waals surface area contributed by atoms with Gasteiger partial charge in [-0.25, -0.2) is 0 Å². The molecule has 1 unspecified atom stereocenters. The molecule has 1 amide bonds. The molecular formula is C15H19N3O. The summed E-state index contributed by atoms with van der Waals surface area (Å²) in [6.45, 7) is 5.93. The van der Waals surface area contributed by atoms with E-state index in [0.717, 1.165) is 23.2 Å². The number of anilines is 1. The summed E-state index contributed by atoms with van der Waals surface area (Å²) in [5.74, 6) is -0.0484. The minimum Gasteiger partial charge on any atom is -0.324 e. The Labute approximate surface area is 113 Å². The molecule has 0 aliphatic carbocycles. The smallest absolute Gasteiger partial charge is 0.248 e. The molecule has 1 heterocycles. The number of nitrogens with one attached hydrogen (secondary N) is 1. The molecule has 4 heteroatoms. The van der Waals surface area contributed by atoms with Crippen molar-refractivity contribution in [2.24, 2.45) is 0 Å². The Morgan fingerprint density at radius 1 is 1.42 bits per heavy atom. The minimum atomic E-state index is -0.320. The first-order valence-corrected chi connectivity index (χ1v) is 6.52. The molecule has 19 heavy (non-hydrogen) atoms. The molecule has 1 atom stereocenters. The topological polar surface area (TPSA) is 46.9 Å². The van der Waals surface area contributed by atoms with Gasteiger partial charge in [-0.3, -0.25) is 9.48 Å². The average Bonchev–Trinajstić information content (AvgIpc) is 2.94. The van der Waals surface area contributed by atoms with Crippen molar-refractivity contribution in [2.45, 2.75) is 33.2 Å². The molecule has 0 saturated heterocycles. The standard InChI is InChI=1S/C15H19N3O/c1-4-13-8-5-7-11(2)14(13)17-15(19)12(3)18-10-6-9-16-18/h5-10,12H,4H2,1-3H3,(H,17,19). The number of para-hydroxylation sites is 1. The molecule has 100 valence electrons. The Bertz CT molecular complexity index is 561. The summed E-state index contributed by atoms with van der Waals surface area (Å²) in [4.78, 5) is 12.3. The van der Waals surface area contributed by atoms with Crippen LogP contribution >= 0.6 is 0 Å². The van der Waals surface area contributed by atoms with Crippen LogP contribution < -0.4 is 5.32 Å². The summed E-state index contributed by atoms with van der Waals surface area (Å²) in [7, 11) is 0. The zero-order valence-corrected chi connectivity index (χ0v) is 11.6. The fourth-order valence-corrected chi connectivity index (χ4v) is 2.06. The quantitative estimate of drug-likeness (QED) is 0.915. The van der Waals surface area contributed by atoms with E-state index in [9.17, 15) is 4.79 Å². The summed E-state index contributed by atoms with van der Waals surface area (Å²) in [5.41, 5.74) is 3.16. The van der Waals surface area contributed by atoms with Gasteiger partial charge >= 0.3 is 0 Å². The maximum Gasteiger partial charge on any atom is 0.248 e. The lowest BCUT2D eigenvalue weighted by molar-refractivity contribution is -0.119. The van der Waals surface area contributed by atoms with Crippen molar-refractivity contribution in [2.75, 3.05) is 5.32 Å². The Kier molecular flexibility index (Phi) is 4.00. The summed E-state index contributed by atoms with van der Waals surface area (Å²) in [6.07, 6.45) is 4.37. The van der Waals surface area contributed by atoms with Crippen LogP contribution in [0.3, 0.4) is 0 Å². The van der Waals surface area contributed by atoms with Gasteiger partial charge in [0.15, 0.2) is 0 Å². The normalized spacial score (nSPS) is 12.2. The molecule has 1 N–H and O–H groups in total. The maximum atomic E-state index is 12.3. The first-order valence-electron chi connectivity index (χ1n) is 6.52. The van der Waals surface area contributed by atoms with Crippen LogP contribution in [0.2, 0.25) is 0 Å². The number of rotatable bonds is 4. The SMILES string of the molecule is CCc1cccc(C)c1NC(=O)C(C)n1cccn1. The molecule has 0 radical (unpaired) electrons. The van der Waals surface area contributed by atoms with E-state index in [1.165, 1.54) is 0 Å². The highest BCUT2D eigenvalue weighted by Crippen LogP contribution is 2.22. The molecule has 0 spiro atoms. The second-order valence-corrected chi connectivity index (χ2v) is 4.61. The van der Waals surface area contributed by atoms with Crippen LogP contribution in [0.15, 0.2) is 36.7 Å². The third-order valence-electron chi connectivity index (χ3n) is 3.29. The third-order valence-corrected chi connectivity index (χ3v) is 3.29. The van der Waals surface area contributed by atoms with E-state index in [-0.39, 0.29) is 11.9 Å². The minimum absolute atomic E-state index is 0.0484. The van der Waals surface area contributed by atoms with Gasteiger partial charge in [-0.2, -0.15) is 5.10 Å². The lowest BCUT2D eigenvalue weighted by Crippen LogP contribution is -2.24. The molecular weight excluding hydrogens is 238 g/mol. The van der Waals surface area contributed by atoms with Crippen LogP contribution in [0.4, 0.5) is 5.69 Å². The summed E-state index contributed by atoms with van der Waals surface area (Å²) in [6, 6.07) is 7.56. The third kappa shape index (κ3) is 2.84. The number of amides is 1. The molecule has 0 aliphatic heterocycles. The number of hydrogen-bond acceptors (Lipinski definition) is 2. The molecule has 0 aliphatic rings. The predicted octanol–water partition coefficient (Wildman–Crippen LogP) is 2.95. The lowest BCUT2D eigenvalue weighted by atomic mass is 10.1. The van der Waals surface area contributed by atoms with E-state index in [4.69, 9.17) is 0 Å². The van der Waals surface area contributed by atoms with Gasteiger partial charge in [-0.15, -0.1) is 0 Å². The number of hydrogen-bond donors (Lipinski definition) is 1. The highest BCUT2D eigenvalue weighted by molar-refractivity contribution is 5.94. The Hall–Kier alpha value is -2.10. The molecule has 2 rings (SSSR count). The molecule has 0 fully saturated rings. The lowest BCUT2D eigenvalue weighted by Gasteiger charge is -2.16. The monoisotopic (exact) mass is 257 g/mol. The van der Waals surface area contributed by atoms with E-state index in [1.807, 2.05) is 38.1 Å². The summed E-state index contributed by atoms with van der Waals surface area (Å²) in [5, 5.41) is 7.12. The van der Waals surface area contributed by atoms with Gasteiger partial charge in [0.2, 0.25) is 5.91 Å². The largest absolute Gasteiger partial charge is 0.324 e. The molecule has 0 saturated carbocycles. The van der Waals surface area contributed by atoms with Crippen molar-refractivity contribution in [3.8, 4) is 0 Å². The van der Waals surface area contributed by atoms with Crippen molar-refractivity contribution in [3.05, 3.63) is 47.8 Å². The highest BCUT2D eigenvalue weighted by Gasteiger charge is 2.16. The van der Waals surface area contributed by atoms with Crippen molar-refractivity contribution in [3.63, 3.8) is 0 Å². The van der Waals surface area contributed by atoms with Gasteiger partial charge < -0.3 is 5.32 Å². The van der Waals surface area contributed by atoms with E-state index >= 15 is 0 Å². The highest BCUT2D eigenvalue weighted by atomic mass is 16.2. The molecule has 2 aromatic rings. The zero-order valence-electron chi connectivity index (χ0n) is 11.6. The van der Waals surface area contributed by atoms with Crippen molar-refractivity contribution >= 4 is 11.6 Å². The Morgan fingerprint density at radius 2 is 2.21 bits per heavy atom. The van der Waals surface area contributed by atoms with E-state index in [0.29, 0.717) is 0 Å². The van der Waals surface area contributed by atoms with Crippen LogP contribution in [0, 0.1) is 6.92 Å². The van der Waals surface area contributed by atoms with Gasteiger partial charge in [0.05, 0.1) is 0 Å². The second-order valence-electron chi connectivity index (χ2n) is 4.61. The van der Waals surface area contributed by atoms with Gasteiger partial charge in [0.1, 0.15) is 6.04 Å². The second kappa shape index (κ2) is 5.69. The number of nitrogens with zero attached hydrogens (tertiary/aromatic N) is 2. The Balaban J connectivity index is 2.20. The number of aromatic nitrogens is 2. The van der Waals surface area contributed by atoms with E-state index < -0.39 is 0 Å². The van der Waals surface area contributed by atoms with Gasteiger partial charge in [-0.1, -0.05) is 25.1 Å². The van der Waals surface area contributed by atoms with E-state index in [1.54, 1.807) is 17.1 Å². The molecule has 1 aromatic carbocycles.